The van der Waals surface area contributed by atoms with E-state index in [2.05, 4.69) is 83.4 Å². The van der Waals surface area contributed by atoms with Crippen LogP contribution in [0.3, 0.4) is 0 Å². The molecule has 5 heteroatoms. The molecule has 0 bridgehead atoms. The lowest BCUT2D eigenvalue weighted by Gasteiger charge is -2.12. The van der Waals surface area contributed by atoms with E-state index in [0.29, 0.717) is 11.4 Å². The van der Waals surface area contributed by atoms with Crippen LogP contribution >= 0.6 is 0 Å². The van der Waals surface area contributed by atoms with Gasteiger partial charge in [0, 0.05) is 38.4 Å². The summed E-state index contributed by atoms with van der Waals surface area (Å²) in [6, 6.07) is 55.6. The van der Waals surface area contributed by atoms with Crippen molar-refractivity contribution in [2.45, 2.75) is 0 Å². The molecule has 0 atom stereocenters. The Morgan fingerprint density at radius 2 is 0.857 bits per heavy atom. The van der Waals surface area contributed by atoms with Crippen molar-refractivity contribution in [2.75, 3.05) is 0 Å². The van der Waals surface area contributed by atoms with E-state index >= 15 is 0 Å². The lowest BCUT2D eigenvalue weighted by Crippen LogP contribution is -2.06. The van der Waals surface area contributed by atoms with Gasteiger partial charge in [0.25, 0.3) is 0 Å². The predicted octanol–water partition coefficient (Wildman–Crippen LogP) is 12.7. The summed E-state index contributed by atoms with van der Waals surface area (Å²) in [6.07, 6.45) is 0. The van der Waals surface area contributed by atoms with E-state index in [1.165, 1.54) is 0 Å². The van der Waals surface area contributed by atoms with Crippen molar-refractivity contribution in [3.63, 3.8) is 0 Å². The number of benzene rings is 8. The quantitative estimate of drug-likeness (QED) is 0.172. The molecule has 0 unspecified atom stereocenters. The van der Waals surface area contributed by atoms with Gasteiger partial charge in [-0.2, -0.15) is 9.97 Å². The third kappa shape index (κ3) is 5.29. The van der Waals surface area contributed by atoms with Gasteiger partial charge in [-0.3, -0.25) is 4.57 Å². The van der Waals surface area contributed by atoms with Crippen LogP contribution in [0.1, 0.15) is 6.85 Å². The molecule has 3 aromatic heterocycles. The highest BCUT2D eigenvalue weighted by Gasteiger charge is 2.21. The molecule has 3 heterocycles. The number of fused-ring (bicyclic) bond motifs is 6. The number of rotatable bonds is 6. The van der Waals surface area contributed by atoms with Crippen molar-refractivity contribution >= 4 is 43.6 Å². The maximum atomic E-state index is 8.94. The van der Waals surface area contributed by atoms with Crippen molar-refractivity contribution < 1.29 is 6.85 Å². The summed E-state index contributed by atoms with van der Waals surface area (Å²) in [4.78, 5) is 15.0. The van der Waals surface area contributed by atoms with E-state index in [1.54, 1.807) is 0 Å². The Morgan fingerprint density at radius 3 is 1.54 bits per heavy atom. The maximum absolute atomic E-state index is 8.94. The highest BCUT2D eigenvalue weighted by atomic mass is 15.2. The molecule has 5 nitrogen and oxygen atoms in total. The first-order valence-corrected chi connectivity index (χ1v) is 18.5. The molecule has 262 valence electrons. The van der Waals surface area contributed by atoms with Crippen LogP contribution in [-0.2, 0) is 0 Å². The molecule has 0 saturated carbocycles. The highest BCUT2D eigenvalue weighted by molar-refractivity contribution is 6.19. The van der Waals surface area contributed by atoms with E-state index in [1.807, 2.05) is 95.6 Å². The second-order valence-electron chi connectivity index (χ2n) is 13.7. The zero-order valence-electron chi connectivity index (χ0n) is 34.9. The minimum absolute atomic E-state index is 0.0269. The summed E-state index contributed by atoms with van der Waals surface area (Å²) in [7, 11) is 0. The Hall–Kier alpha value is -7.63. The molecule has 0 aliphatic heterocycles. The summed E-state index contributed by atoms with van der Waals surface area (Å²) < 4.78 is 47.5. The van der Waals surface area contributed by atoms with Gasteiger partial charge < -0.3 is 4.57 Å². The molecule has 0 fully saturated rings. The third-order valence-electron chi connectivity index (χ3n) is 10.5. The Bertz CT molecular complexity index is 3520. The van der Waals surface area contributed by atoms with Gasteiger partial charge in [0.2, 0.25) is 5.95 Å². The van der Waals surface area contributed by atoms with E-state index in [0.717, 1.165) is 71.6 Å². The molecule has 0 spiro atoms. The fourth-order valence-electron chi connectivity index (χ4n) is 7.92. The van der Waals surface area contributed by atoms with Crippen LogP contribution in [0.5, 0.6) is 0 Å². The summed E-state index contributed by atoms with van der Waals surface area (Å²) in [5, 5.41) is 4.18. The van der Waals surface area contributed by atoms with Crippen molar-refractivity contribution in [2.24, 2.45) is 0 Å². The SMILES string of the molecule is [2H]c1c([2H])c([2H])c(-c2nc(-c3cccc(-c4ccccc4)c3)nc(-n3c4ccccc4c4cc5c6ccccc6n(-c6cccc(-c7ccccc7)c6)c5cc43)n2)c([2H])c1[2H]. The van der Waals surface area contributed by atoms with Crippen LogP contribution in [-0.4, -0.2) is 24.1 Å². The molecule has 0 saturated heterocycles. The van der Waals surface area contributed by atoms with Crippen LogP contribution in [0.4, 0.5) is 0 Å². The maximum Gasteiger partial charge on any atom is 0.238 e. The molecular formula is C51H33N5. The molecule has 8 aromatic carbocycles. The minimum atomic E-state index is -0.486. The Morgan fingerprint density at radius 1 is 0.339 bits per heavy atom. The van der Waals surface area contributed by atoms with Gasteiger partial charge in [-0.25, -0.2) is 4.98 Å². The Balaban J connectivity index is 1.22. The molecular weight excluding hydrogens is 683 g/mol. The van der Waals surface area contributed by atoms with E-state index < -0.39 is 30.2 Å². The van der Waals surface area contributed by atoms with Crippen LogP contribution in [0.15, 0.2) is 200 Å². The van der Waals surface area contributed by atoms with Crippen LogP contribution < -0.4 is 0 Å². The van der Waals surface area contributed by atoms with Gasteiger partial charge in [-0.1, -0.05) is 158 Å². The van der Waals surface area contributed by atoms with Gasteiger partial charge in [-0.05, 0) is 64.7 Å². The van der Waals surface area contributed by atoms with Gasteiger partial charge >= 0.3 is 0 Å². The zero-order chi connectivity index (χ0) is 41.4. The molecule has 11 rings (SSSR count). The average molecular weight is 721 g/mol. The molecule has 11 aromatic rings. The third-order valence-corrected chi connectivity index (χ3v) is 10.5. The standard InChI is InChI=1S/C51H33N5/c1-4-16-34(17-5-1)37-22-14-24-39(30-37)50-52-49(36-20-8-3-9-21-36)53-51(54-50)56-46-29-13-11-27-42(46)44-32-43-41-26-10-12-28-45(41)55(47(43)33-48(44)56)40-25-15-23-38(31-40)35-18-6-2-7-19-35/h1-33H/i3D,8D,9D,20D,21D. The molecule has 0 aliphatic carbocycles. The summed E-state index contributed by atoms with van der Waals surface area (Å²) >= 11 is 0. The second-order valence-corrected chi connectivity index (χ2v) is 13.7. The average Bonchev–Trinajstić information content (AvgIpc) is 3.82. The molecule has 0 amide bonds. The second kappa shape index (κ2) is 13.0. The fraction of sp³-hybridized carbons (Fsp3) is 0. The van der Waals surface area contributed by atoms with Crippen LogP contribution in [0, 0.1) is 0 Å². The first-order chi connectivity index (χ1) is 29.8. The van der Waals surface area contributed by atoms with Crippen LogP contribution in [0.25, 0.3) is 100 Å². The number of hydrogen-bond acceptors (Lipinski definition) is 3. The summed E-state index contributed by atoms with van der Waals surface area (Å²) in [5.74, 6) is 0.514. The monoisotopic (exact) mass is 720 g/mol. The van der Waals surface area contributed by atoms with Gasteiger partial charge in [-0.15, -0.1) is 0 Å². The van der Waals surface area contributed by atoms with Crippen molar-refractivity contribution in [3.8, 4) is 56.7 Å². The van der Waals surface area contributed by atoms with Gasteiger partial charge in [0.15, 0.2) is 11.6 Å². The first-order valence-electron chi connectivity index (χ1n) is 21.0. The topological polar surface area (TPSA) is 48.5 Å². The molecule has 56 heavy (non-hydrogen) atoms. The normalized spacial score (nSPS) is 12.8. The van der Waals surface area contributed by atoms with Gasteiger partial charge in [0.05, 0.1) is 28.9 Å². The Kier molecular flexibility index (Phi) is 6.29. The number of nitrogens with zero attached hydrogens (tertiary/aromatic N) is 5. The predicted molar refractivity (Wildman–Crippen MR) is 230 cm³/mol. The lowest BCUT2D eigenvalue weighted by atomic mass is 10.0. The Labute approximate surface area is 330 Å². The number of aromatic nitrogens is 5. The lowest BCUT2D eigenvalue weighted by molar-refractivity contribution is 0.953. The first kappa shape index (κ1) is 27.0. The van der Waals surface area contributed by atoms with E-state index in [9.17, 15) is 0 Å². The van der Waals surface area contributed by atoms with Gasteiger partial charge in [0.1, 0.15) is 0 Å². The minimum Gasteiger partial charge on any atom is -0.309 e. The smallest absolute Gasteiger partial charge is 0.238 e. The largest absolute Gasteiger partial charge is 0.309 e. The van der Waals surface area contributed by atoms with Crippen molar-refractivity contribution in [1.29, 1.82) is 0 Å². The molecule has 0 aliphatic rings. The number of para-hydroxylation sites is 2. The summed E-state index contributed by atoms with van der Waals surface area (Å²) in [5.41, 5.74) is 9.52. The summed E-state index contributed by atoms with van der Waals surface area (Å²) in [6.45, 7) is 0. The van der Waals surface area contributed by atoms with Crippen molar-refractivity contribution in [3.05, 3.63) is 200 Å². The molecule has 0 radical (unpaired) electrons. The zero-order valence-corrected chi connectivity index (χ0v) is 29.9. The van der Waals surface area contributed by atoms with E-state index in [4.69, 9.17) is 21.8 Å². The fourth-order valence-corrected chi connectivity index (χ4v) is 7.92. The molecule has 0 N–H and O–H groups in total. The van der Waals surface area contributed by atoms with E-state index in [-0.39, 0.29) is 17.3 Å². The van der Waals surface area contributed by atoms with Crippen molar-refractivity contribution in [1.82, 2.24) is 24.1 Å². The van der Waals surface area contributed by atoms with Crippen LogP contribution in [0.2, 0.25) is 0 Å². The highest BCUT2D eigenvalue weighted by Crippen LogP contribution is 2.40. The number of hydrogen-bond donors (Lipinski definition) is 0.